The minimum atomic E-state index is -2.80. The Kier molecular flexibility index (Phi) is 6.29. The monoisotopic (exact) mass is 386 g/mol. The Balaban J connectivity index is 1.31. The minimum Gasteiger partial charge on any atom is -0.385 e. The van der Waals surface area contributed by atoms with Crippen molar-refractivity contribution in [1.29, 1.82) is 0 Å². The van der Waals surface area contributed by atoms with E-state index in [-0.39, 0.29) is 17.7 Å². The van der Waals surface area contributed by atoms with Gasteiger partial charge in [0.05, 0.1) is 11.5 Å². The van der Waals surface area contributed by atoms with Crippen molar-refractivity contribution in [2.24, 2.45) is 17.8 Å². The predicted octanol–water partition coefficient (Wildman–Crippen LogP) is 1.19. The number of sulfone groups is 1. The van der Waals surface area contributed by atoms with E-state index in [1.54, 1.807) is 0 Å². The lowest BCUT2D eigenvalue weighted by Crippen LogP contribution is -2.66. The highest BCUT2D eigenvalue weighted by atomic mass is 32.2. The van der Waals surface area contributed by atoms with Crippen LogP contribution < -0.4 is 5.32 Å². The van der Waals surface area contributed by atoms with Crippen LogP contribution >= 0.6 is 0 Å². The van der Waals surface area contributed by atoms with Crippen LogP contribution in [0.1, 0.15) is 51.9 Å². The predicted molar refractivity (Wildman–Crippen MR) is 102 cm³/mol. The zero-order valence-corrected chi connectivity index (χ0v) is 16.8. The highest BCUT2D eigenvalue weighted by molar-refractivity contribution is 7.91. The van der Waals surface area contributed by atoms with Gasteiger partial charge in [0, 0.05) is 25.6 Å². The number of likely N-dealkylation sites (tertiary alicyclic amines) is 1. The molecule has 2 saturated heterocycles. The Bertz CT molecular complexity index is 593. The molecule has 0 aromatic heterocycles. The third-order valence-corrected chi connectivity index (χ3v) is 8.44. The molecule has 0 aromatic carbocycles. The molecule has 3 fully saturated rings. The molecule has 1 saturated carbocycles. The van der Waals surface area contributed by atoms with Gasteiger partial charge in [-0.25, -0.2) is 8.42 Å². The van der Waals surface area contributed by atoms with Crippen LogP contribution in [0.4, 0.5) is 0 Å². The Morgan fingerprint density at radius 3 is 2.42 bits per heavy atom. The van der Waals surface area contributed by atoms with Crippen LogP contribution in [0.25, 0.3) is 0 Å². The molecule has 2 aliphatic heterocycles. The zero-order valence-electron chi connectivity index (χ0n) is 16.0. The first-order valence-corrected chi connectivity index (χ1v) is 12.0. The van der Waals surface area contributed by atoms with E-state index in [0.29, 0.717) is 31.1 Å². The molecule has 0 aromatic rings. The van der Waals surface area contributed by atoms with Crippen LogP contribution in [0.5, 0.6) is 0 Å². The number of aliphatic hydroxyl groups is 1. The van der Waals surface area contributed by atoms with E-state index < -0.39 is 15.4 Å². The van der Waals surface area contributed by atoms with Gasteiger partial charge in [0.15, 0.2) is 9.84 Å². The van der Waals surface area contributed by atoms with Crippen molar-refractivity contribution in [1.82, 2.24) is 10.2 Å². The number of amides is 1. The van der Waals surface area contributed by atoms with E-state index in [1.165, 1.54) is 6.42 Å². The lowest BCUT2D eigenvalue weighted by molar-refractivity contribution is -0.132. The number of nitrogens with one attached hydrogen (secondary N) is 1. The van der Waals surface area contributed by atoms with E-state index >= 15 is 0 Å². The number of carbonyl (C=O) groups is 1. The zero-order chi connectivity index (χ0) is 18.8. The van der Waals surface area contributed by atoms with Crippen LogP contribution in [0, 0.1) is 17.8 Å². The molecule has 0 spiro atoms. The topological polar surface area (TPSA) is 86.7 Å². The summed E-state index contributed by atoms with van der Waals surface area (Å²) in [5.41, 5.74) is -0.821. The Hall–Kier alpha value is -0.660. The summed E-state index contributed by atoms with van der Waals surface area (Å²) >= 11 is 0. The second kappa shape index (κ2) is 8.15. The molecule has 3 aliphatic rings. The SMILES string of the molecule is CCC1CCC(C(=O)NCC2(O)CN(CCC3CCS(=O)(=O)C3)C2)CC1. The van der Waals surface area contributed by atoms with E-state index in [4.69, 9.17) is 0 Å². The first-order chi connectivity index (χ1) is 12.3. The highest BCUT2D eigenvalue weighted by Gasteiger charge is 2.42. The van der Waals surface area contributed by atoms with Crippen LogP contribution in [-0.2, 0) is 14.6 Å². The normalized spacial score (nSPS) is 33.5. The van der Waals surface area contributed by atoms with Gasteiger partial charge in [-0.15, -0.1) is 0 Å². The second-order valence-corrected chi connectivity index (χ2v) is 11.1. The molecule has 1 atom stereocenters. The quantitative estimate of drug-likeness (QED) is 0.686. The number of rotatable bonds is 7. The molecule has 0 radical (unpaired) electrons. The van der Waals surface area contributed by atoms with E-state index in [1.807, 2.05) is 0 Å². The van der Waals surface area contributed by atoms with Crippen LogP contribution in [0.2, 0.25) is 0 Å². The van der Waals surface area contributed by atoms with Crippen molar-refractivity contribution in [3.8, 4) is 0 Å². The smallest absolute Gasteiger partial charge is 0.223 e. The van der Waals surface area contributed by atoms with Crippen molar-refractivity contribution in [2.75, 3.05) is 37.7 Å². The molecule has 0 bridgehead atoms. The Labute approximate surface area is 157 Å². The number of carbonyl (C=O) groups excluding carboxylic acids is 1. The average molecular weight is 387 g/mol. The minimum absolute atomic E-state index is 0.0996. The van der Waals surface area contributed by atoms with Gasteiger partial charge in [0.1, 0.15) is 5.60 Å². The number of hydrogen-bond acceptors (Lipinski definition) is 5. The fourth-order valence-corrected chi connectivity index (χ4v) is 6.66. The lowest BCUT2D eigenvalue weighted by atomic mass is 9.80. The number of nitrogens with zero attached hydrogens (tertiary/aromatic N) is 1. The molecule has 7 heteroatoms. The molecule has 1 amide bonds. The summed E-state index contributed by atoms with van der Waals surface area (Å²) in [7, 11) is -2.80. The van der Waals surface area contributed by atoms with Gasteiger partial charge in [0.2, 0.25) is 5.91 Å². The molecule has 2 heterocycles. The fraction of sp³-hybridized carbons (Fsp3) is 0.947. The maximum Gasteiger partial charge on any atom is 0.223 e. The van der Waals surface area contributed by atoms with Crippen molar-refractivity contribution in [3.05, 3.63) is 0 Å². The van der Waals surface area contributed by atoms with Gasteiger partial charge in [0.25, 0.3) is 0 Å². The van der Waals surface area contributed by atoms with Crippen LogP contribution in [-0.4, -0.2) is 67.6 Å². The molecule has 2 N–H and O–H groups in total. The first-order valence-electron chi connectivity index (χ1n) is 10.2. The number of hydrogen-bond donors (Lipinski definition) is 2. The van der Waals surface area contributed by atoms with E-state index in [9.17, 15) is 18.3 Å². The van der Waals surface area contributed by atoms with E-state index in [2.05, 4.69) is 17.1 Å². The van der Waals surface area contributed by atoms with Gasteiger partial charge < -0.3 is 10.4 Å². The maximum absolute atomic E-state index is 12.3. The van der Waals surface area contributed by atoms with Crippen molar-refractivity contribution >= 4 is 15.7 Å². The average Bonchev–Trinajstić information content (AvgIpc) is 2.95. The van der Waals surface area contributed by atoms with E-state index in [0.717, 1.165) is 51.0 Å². The third kappa shape index (κ3) is 5.20. The molecule has 1 unspecified atom stereocenters. The second-order valence-electron chi connectivity index (χ2n) is 8.84. The van der Waals surface area contributed by atoms with Crippen molar-refractivity contribution in [3.63, 3.8) is 0 Å². The number of β-amino-alcohol motifs (C(OH)–C–C–N with tert-alkyl or cyclic N) is 1. The highest BCUT2D eigenvalue weighted by Crippen LogP contribution is 2.31. The van der Waals surface area contributed by atoms with Crippen molar-refractivity contribution in [2.45, 2.75) is 57.5 Å². The first kappa shape index (κ1) is 20.1. The summed E-state index contributed by atoms with van der Waals surface area (Å²) in [6.07, 6.45) is 7.08. The largest absolute Gasteiger partial charge is 0.385 e. The molecule has 26 heavy (non-hydrogen) atoms. The summed E-state index contributed by atoms with van der Waals surface area (Å²) in [5, 5.41) is 13.5. The Morgan fingerprint density at radius 2 is 1.85 bits per heavy atom. The van der Waals surface area contributed by atoms with Gasteiger partial charge >= 0.3 is 0 Å². The van der Waals surface area contributed by atoms with Crippen LogP contribution in [0.15, 0.2) is 0 Å². The summed E-state index contributed by atoms with van der Waals surface area (Å²) in [6, 6.07) is 0. The third-order valence-electron chi connectivity index (χ3n) is 6.60. The van der Waals surface area contributed by atoms with Crippen molar-refractivity contribution < 1.29 is 18.3 Å². The summed E-state index contributed by atoms with van der Waals surface area (Å²) < 4.78 is 23.0. The summed E-state index contributed by atoms with van der Waals surface area (Å²) in [6.45, 7) is 4.50. The maximum atomic E-state index is 12.3. The molecule has 1 aliphatic carbocycles. The summed E-state index contributed by atoms with van der Waals surface area (Å²) in [5.74, 6) is 1.91. The molecule has 6 nitrogen and oxygen atoms in total. The van der Waals surface area contributed by atoms with Gasteiger partial charge in [-0.1, -0.05) is 13.3 Å². The molecular weight excluding hydrogens is 352 g/mol. The molecule has 150 valence electrons. The lowest BCUT2D eigenvalue weighted by Gasteiger charge is -2.47. The van der Waals surface area contributed by atoms with Crippen LogP contribution in [0.3, 0.4) is 0 Å². The van der Waals surface area contributed by atoms with Gasteiger partial charge in [-0.05, 0) is 56.9 Å². The fourth-order valence-electron chi connectivity index (χ4n) is 4.75. The standard InChI is InChI=1S/C19H34N2O4S/c1-2-15-3-5-17(6-4-15)18(22)20-12-19(23)13-21(14-19)9-7-16-8-10-26(24,25)11-16/h15-17,23H,2-14H2,1H3,(H,20,22). The Morgan fingerprint density at radius 1 is 1.15 bits per heavy atom. The molecular formula is C19H34N2O4S. The summed E-state index contributed by atoms with van der Waals surface area (Å²) in [4.78, 5) is 14.5. The molecule has 3 rings (SSSR count). The van der Waals surface area contributed by atoms with Gasteiger partial charge in [-0.2, -0.15) is 0 Å². The van der Waals surface area contributed by atoms with Gasteiger partial charge in [-0.3, -0.25) is 9.69 Å².